The van der Waals surface area contributed by atoms with Crippen molar-refractivity contribution >= 4 is 5.91 Å². The zero-order chi connectivity index (χ0) is 14.7. The molecular weight excluding hydrogens is 270 g/mol. The molecule has 2 aromatic heterocycles. The van der Waals surface area contributed by atoms with E-state index in [1.54, 1.807) is 19.2 Å². The molecule has 1 aliphatic rings. The number of amides is 1. The van der Waals surface area contributed by atoms with Gasteiger partial charge < -0.3 is 14.0 Å². The molecule has 2 aromatic rings. The number of nitrogens with zero attached hydrogens (tertiary/aromatic N) is 5. The van der Waals surface area contributed by atoms with E-state index in [0.29, 0.717) is 11.5 Å². The molecule has 21 heavy (non-hydrogen) atoms. The first-order valence-corrected chi connectivity index (χ1v) is 7.13. The number of hydrogen-bond donors (Lipinski definition) is 0. The van der Waals surface area contributed by atoms with Crippen LogP contribution in [-0.2, 0) is 6.54 Å². The molecule has 1 fully saturated rings. The van der Waals surface area contributed by atoms with Gasteiger partial charge in [-0.25, -0.2) is 4.98 Å². The Bertz CT molecular complexity index is 584. The van der Waals surface area contributed by atoms with Crippen LogP contribution in [0.4, 0.5) is 0 Å². The molecule has 1 amide bonds. The Morgan fingerprint density at radius 1 is 1.29 bits per heavy atom. The van der Waals surface area contributed by atoms with E-state index in [1.165, 1.54) is 0 Å². The van der Waals surface area contributed by atoms with Gasteiger partial charge in [0, 0.05) is 57.7 Å². The molecule has 7 nitrogen and oxygen atoms in total. The molecule has 1 saturated heterocycles. The van der Waals surface area contributed by atoms with Gasteiger partial charge in [-0.05, 0) is 6.92 Å². The molecule has 0 bridgehead atoms. The number of carbonyl (C=O) groups is 1. The van der Waals surface area contributed by atoms with E-state index in [1.807, 2.05) is 17.4 Å². The lowest BCUT2D eigenvalue weighted by Crippen LogP contribution is -2.49. The minimum absolute atomic E-state index is 0.0406. The molecule has 0 spiro atoms. The van der Waals surface area contributed by atoms with Crippen LogP contribution in [0.1, 0.15) is 16.2 Å². The summed E-state index contributed by atoms with van der Waals surface area (Å²) in [5.74, 6) is 0.624. The monoisotopic (exact) mass is 289 g/mol. The van der Waals surface area contributed by atoms with Crippen molar-refractivity contribution in [1.82, 2.24) is 24.5 Å². The van der Waals surface area contributed by atoms with Crippen LogP contribution in [0.3, 0.4) is 0 Å². The maximum atomic E-state index is 12.2. The van der Waals surface area contributed by atoms with Crippen LogP contribution in [0.25, 0.3) is 0 Å². The first-order chi connectivity index (χ1) is 10.2. The highest BCUT2D eigenvalue weighted by atomic mass is 16.5. The second-order valence-electron chi connectivity index (χ2n) is 5.26. The van der Waals surface area contributed by atoms with Crippen LogP contribution in [0.5, 0.6) is 0 Å². The maximum absolute atomic E-state index is 12.2. The van der Waals surface area contributed by atoms with Crippen LogP contribution in [0.2, 0.25) is 0 Å². The van der Waals surface area contributed by atoms with Crippen LogP contribution < -0.4 is 0 Å². The third-order valence-electron chi connectivity index (χ3n) is 3.74. The lowest BCUT2D eigenvalue weighted by molar-refractivity contribution is 0.0623. The molecule has 1 aliphatic heterocycles. The highest BCUT2D eigenvalue weighted by Gasteiger charge is 2.23. The number of piperazine rings is 1. The zero-order valence-corrected chi connectivity index (χ0v) is 12.1. The van der Waals surface area contributed by atoms with Gasteiger partial charge in [-0.1, -0.05) is 5.16 Å². The first-order valence-electron chi connectivity index (χ1n) is 7.13. The zero-order valence-electron chi connectivity index (χ0n) is 12.1. The quantitative estimate of drug-likeness (QED) is 0.826. The predicted octanol–water partition coefficient (Wildman–Crippen LogP) is 0.638. The molecule has 0 aromatic carbocycles. The summed E-state index contributed by atoms with van der Waals surface area (Å²) in [6.45, 7) is 6.92. The summed E-state index contributed by atoms with van der Waals surface area (Å²) in [4.78, 5) is 20.5. The Labute approximate surface area is 123 Å². The molecule has 0 unspecified atom stereocenters. The van der Waals surface area contributed by atoms with Gasteiger partial charge in [0.1, 0.15) is 5.76 Å². The molecule has 7 heteroatoms. The fraction of sp³-hybridized carbons (Fsp3) is 0.500. The summed E-state index contributed by atoms with van der Waals surface area (Å²) in [5, 5.41) is 3.79. The Balaban J connectivity index is 1.47. The summed E-state index contributed by atoms with van der Waals surface area (Å²) in [6, 6.07) is 1.69. The van der Waals surface area contributed by atoms with E-state index in [-0.39, 0.29) is 5.91 Å². The summed E-state index contributed by atoms with van der Waals surface area (Å²) in [6.07, 6.45) is 5.58. The van der Waals surface area contributed by atoms with E-state index in [9.17, 15) is 4.79 Å². The summed E-state index contributed by atoms with van der Waals surface area (Å²) in [5.41, 5.74) is 0.402. The number of aryl methyl sites for hydroxylation is 1. The minimum Gasteiger partial charge on any atom is -0.361 e. The van der Waals surface area contributed by atoms with Gasteiger partial charge in [-0.15, -0.1) is 0 Å². The van der Waals surface area contributed by atoms with Crippen molar-refractivity contribution in [2.45, 2.75) is 13.5 Å². The van der Waals surface area contributed by atoms with E-state index >= 15 is 0 Å². The first kappa shape index (κ1) is 13.8. The van der Waals surface area contributed by atoms with Gasteiger partial charge >= 0.3 is 0 Å². The molecule has 0 radical (unpaired) electrons. The number of imidazole rings is 1. The van der Waals surface area contributed by atoms with E-state index in [0.717, 1.165) is 39.3 Å². The standard InChI is InChI=1S/C14H19N5O2/c1-12-10-13(16-21-12)14(20)19-8-6-17(7-9-19)4-5-18-3-2-15-11-18/h2-3,10-11H,4-9H2,1H3. The van der Waals surface area contributed by atoms with Crippen molar-refractivity contribution in [2.75, 3.05) is 32.7 Å². The molecule has 112 valence electrons. The number of aromatic nitrogens is 3. The van der Waals surface area contributed by atoms with Gasteiger partial charge in [-0.2, -0.15) is 0 Å². The molecule has 3 rings (SSSR count). The third-order valence-corrected chi connectivity index (χ3v) is 3.74. The SMILES string of the molecule is Cc1cc(C(=O)N2CCN(CCn3ccnc3)CC2)no1. The number of carbonyl (C=O) groups excluding carboxylic acids is 1. The van der Waals surface area contributed by atoms with Gasteiger partial charge in [0.05, 0.1) is 6.33 Å². The number of rotatable bonds is 4. The number of hydrogen-bond acceptors (Lipinski definition) is 5. The molecule has 0 aliphatic carbocycles. The normalized spacial score (nSPS) is 16.3. The van der Waals surface area contributed by atoms with E-state index in [4.69, 9.17) is 4.52 Å². The highest BCUT2D eigenvalue weighted by molar-refractivity contribution is 5.92. The molecular formula is C14H19N5O2. The predicted molar refractivity (Wildman–Crippen MR) is 75.8 cm³/mol. The van der Waals surface area contributed by atoms with Crippen LogP contribution in [0, 0.1) is 6.92 Å². The van der Waals surface area contributed by atoms with Crippen molar-refractivity contribution < 1.29 is 9.32 Å². The Morgan fingerprint density at radius 2 is 2.10 bits per heavy atom. The highest BCUT2D eigenvalue weighted by Crippen LogP contribution is 2.09. The van der Waals surface area contributed by atoms with Crippen LogP contribution in [-0.4, -0.2) is 63.1 Å². The summed E-state index contributed by atoms with van der Waals surface area (Å²) >= 11 is 0. The van der Waals surface area contributed by atoms with Crippen molar-refractivity contribution in [1.29, 1.82) is 0 Å². The smallest absolute Gasteiger partial charge is 0.276 e. The molecule has 0 atom stereocenters. The summed E-state index contributed by atoms with van der Waals surface area (Å²) in [7, 11) is 0. The lowest BCUT2D eigenvalue weighted by atomic mass is 10.2. The van der Waals surface area contributed by atoms with Gasteiger partial charge in [0.2, 0.25) is 0 Å². The summed E-state index contributed by atoms with van der Waals surface area (Å²) < 4.78 is 7.03. The van der Waals surface area contributed by atoms with Crippen LogP contribution in [0.15, 0.2) is 29.3 Å². The fourth-order valence-electron chi connectivity index (χ4n) is 2.48. The van der Waals surface area contributed by atoms with Gasteiger partial charge in [0.15, 0.2) is 5.69 Å². The van der Waals surface area contributed by atoms with Gasteiger partial charge in [0.25, 0.3) is 5.91 Å². The average Bonchev–Trinajstić information content (AvgIpc) is 3.16. The topological polar surface area (TPSA) is 67.4 Å². The average molecular weight is 289 g/mol. The Morgan fingerprint density at radius 3 is 2.71 bits per heavy atom. The molecule has 0 N–H and O–H groups in total. The Hall–Kier alpha value is -2.15. The molecule has 0 saturated carbocycles. The van der Waals surface area contributed by atoms with E-state index in [2.05, 4.69) is 19.6 Å². The van der Waals surface area contributed by atoms with Crippen molar-refractivity contribution in [2.24, 2.45) is 0 Å². The van der Waals surface area contributed by atoms with Crippen molar-refractivity contribution in [3.63, 3.8) is 0 Å². The largest absolute Gasteiger partial charge is 0.361 e. The Kier molecular flexibility index (Phi) is 4.01. The van der Waals surface area contributed by atoms with Crippen molar-refractivity contribution in [3.05, 3.63) is 36.2 Å². The van der Waals surface area contributed by atoms with E-state index < -0.39 is 0 Å². The second-order valence-corrected chi connectivity index (χ2v) is 5.26. The third kappa shape index (κ3) is 3.30. The fourth-order valence-corrected chi connectivity index (χ4v) is 2.48. The van der Waals surface area contributed by atoms with Crippen molar-refractivity contribution in [3.8, 4) is 0 Å². The van der Waals surface area contributed by atoms with Crippen LogP contribution >= 0.6 is 0 Å². The minimum atomic E-state index is -0.0406. The second kappa shape index (κ2) is 6.09. The lowest BCUT2D eigenvalue weighted by Gasteiger charge is -2.34. The maximum Gasteiger partial charge on any atom is 0.276 e. The van der Waals surface area contributed by atoms with Gasteiger partial charge in [-0.3, -0.25) is 9.69 Å². The molecule has 3 heterocycles.